The SMILES string of the molecule is O=C(NCC[C@H](O)c1ccccc1)Nc1ccccc1Cl. The Balaban J connectivity index is 1.76. The normalized spacial score (nSPS) is 11.7. The molecule has 0 bridgehead atoms. The highest BCUT2D eigenvalue weighted by Gasteiger charge is 2.08. The lowest BCUT2D eigenvalue weighted by Gasteiger charge is -2.12. The van der Waals surface area contributed by atoms with Gasteiger partial charge in [0.1, 0.15) is 0 Å². The maximum Gasteiger partial charge on any atom is 0.319 e. The summed E-state index contributed by atoms with van der Waals surface area (Å²) in [5.74, 6) is 0. The Kier molecular flexibility index (Phi) is 5.60. The summed E-state index contributed by atoms with van der Waals surface area (Å²) in [7, 11) is 0. The minimum atomic E-state index is -0.591. The summed E-state index contributed by atoms with van der Waals surface area (Å²) in [4.78, 5) is 11.7. The molecular weight excluding hydrogens is 288 g/mol. The molecular formula is C16H17ClN2O2. The summed E-state index contributed by atoms with van der Waals surface area (Å²) in [5, 5.41) is 15.8. The van der Waals surface area contributed by atoms with Gasteiger partial charge in [-0.05, 0) is 24.1 Å². The molecule has 0 spiro atoms. The van der Waals surface area contributed by atoms with Gasteiger partial charge < -0.3 is 15.7 Å². The van der Waals surface area contributed by atoms with Crippen LogP contribution >= 0.6 is 11.6 Å². The zero-order valence-corrected chi connectivity index (χ0v) is 12.2. The van der Waals surface area contributed by atoms with Gasteiger partial charge >= 0.3 is 6.03 Å². The molecule has 4 nitrogen and oxygen atoms in total. The van der Waals surface area contributed by atoms with Crippen LogP contribution in [0.2, 0.25) is 5.02 Å². The lowest BCUT2D eigenvalue weighted by atomic mass is 10.1. The molecule has 0 radical (unpaired) electrons. The largest absolute Gasteiger partial charge is 0.388 e. The van der Waals surface area contributed by atoms with Gasteiger partial charge in [-0.1, -0.05) is 54.1 Å². The molecule has 0 heterocycles. The molecule has 0 fully saturated rings. The molecule has 0 aliphatic rings. The van der Waals surface area contributed by atoms with Crippen molar-refractivity contribution in [2.45, 2.75) is 12.5 Å². The van der Waals surface area contributed by atoms with Gasteiger partial charge in [0.25, 0.3) is 0 Å². The standard InChI is InChI=1S/C16H17ClN2O2/c17-13-8-4-5-9-14(13)19-16(21)18-11-10-15(20)12-6-2-1-3-7-12/h1-9,15,20H,10-11H2,(H2,18,19,21)/t15-/m0/s1. The molecule has 2 amide bonds. The number of aliphatic hydroxyl groups is 1. The van der Waals surface area contributed by atoms with Gasteiger partial charge in [-0.2, -0.15) is 0 Å². The monoisotopic (exact) mass is 304 g/mol. The molecule has 21 heavy (non-hydrogen) atoms. The van der Waals surface area contributed by atoms with Crippen LogP contribution in [0, 0.1) is 0 Å². The Hall–Kier alpha value is -2.04. The molecule has 110 valence electrons. The van der Waals surface area contributed by atoms with Crippen LogP contribution in [0.1, 0.15) is 18.1 Å². The molecule has 0 aliphatic heterocycles. The summed E-state index contributed by atoms with van der Waals surface area (Å²) >= 11 is 5.95. The van der Waals surface area contributed by atoms with E-state index in [9.17, 15) is 9.90 Å². The molecule has 0 aliphatic carbocycles. The van der Waals surface area contributed by atoms with Crippen molar-refractivity contribution in [2.24, 2.45) is 0 Å². The maximum absolute atomic E-state index is 11.7. The molecule has 3 N–H and O–H groups in total. The van der Waals surface area contributed by atoms with Crippen LogP contribution in [-0.2, 0) is 0 Å². The van der Waals surface area contributed by atoms with E-state index >= 15 is 0 Å². The summed E-state index contributed by atoms with van der Waals surface area (Å²) in [6.45, 7) is 0.367. The number of hydrogen-bond acceptors (Lipinski definition) is 2. The first kappa shape index (κ1) is 15.4. The van der Waals surface area contributed by atoms with E-state index in [1.54, 1.807) is 24.3 Å². The fourth-order valence-electron chi connectivity index (χ4n) is 1.89. The van der Waals surface area contributed by atoms with Gasteiger partial charge in [-0.25, -0.2) is 4.79 Å². The summed E-state index contributed by atoms with van der Waals surface area (Å²) < 4.78 is 0. The van der Waals surface area contributed by atoms with Gasteiger partial charge in [0.15, 0.2) is 0 Å². The van der Waals surface area contributed by atoms with Crippen LogP contribution in [0.15, 0.2) is 54.6 Å². The Morgan fingerprint density at radius 2 is 1.76 bits per heavy atom. The third-order valence-electron chi connectivity index (χ3n) is 3.01. The third-order valence-corrected chi connectivity index (χ3v) is 3.34. The lowest BCUT2D eigenvalue weighted by Crippen LogP contribution is -2.30. The van der Waals surface area contributed by atoms with E-state index in [2.05, 4.69) is 10.6 Å². The first-order valence-corrected chi connectivity index (χ1v) is 7.07. The van der Waals surface area contributed by atoms with E-state index in [-0.39, 0.29) is 6.03 Å². The summed E-state index contributed by atoms with van der Waals surface area (Å²) in [6.07, 6.45) is -0.147. The number of para-hydroxylation sites is 1. The molecule has 0 saturated carbocycles. The van der Waals surface area contributed by atoms with Gasteiger partial charge in [0.05, 0.1) is 16.8 Å². The van der Waals surface area contributed by atoms with Crippen molar-refractivity contribution in [1.29, 1.82) is 0 Å². The van der Waals surface area contributed by atoms with Crippen molar-refractivity contribution < 1.29 is 9.90 Å². The molecule has 0 saturated heterocycles. The number of nitrogens with one attached hydrogen (secondary N) is 2. The average Bonchev–Trinajstić information content (AvgIpc) is 2.50. The predicted octanol–water partition coefficient (Wildman–Crippen LogP) is 3.59. The molecule has 2 aromatic rings. The van der Waals surface area contributed by atoms with Crippen molar-refractivity contribution >= 4 is 23.3 Å². The third kappa shape index (κ3) is 4.77. The van der Waals surface area contributed by atoms with Crippen LogP contribution in [-0.4, -0.2) is 17.7 Å². The van der Waals surface area contributed by atoms with Crippen LogP contribution in [0.3, 0.4) is 0 Å². The summed E-state index contributed by atoms with van der Waals surface area (Å²) in [5.41, 5.74) is 1.39. The van der Waals surface area contributed by atoms with E-state index in [0.29, 0.717) is 23.7 Å². The van der Waals surface area contributed by atoms with E-state index in [1.165, 1.54) is 0 Å². The highest BCUT2D eigenvalue weighted by molar-refractivity contribution is 6.33. The van der Waals surface area contributed by atoms with Gasteiger partial charge in [0.2, 0.25) is 0 Å². The Morgan fingerprint density at radius 3 is 2.48 bits per heavy atom. The Bertz CT molecular complexity index is 590. The fourth-order valence-corrected chi connectivity index (χ4v) is 2.08. The zero-order valence-electron chi connectivity index (χ0n) is 11.4. The van der Waals surface area contributed by atoms with Crippen molar-refractivity contribution in [1.82, 2.24) is 5.32 Å². The molecule has 1 atom stereocenters. The second-order valence-electron chi connectivity index (χ2n) is 4.58. The number of amides is 2. The molecule has 0 aromatic heterocycles. The minimum Gasteiger partial charge on any atom is -0.388 e. The summed E-state index contributed by atoms with van der Waals surface area (Å²) in [6, 6.07) is 16.0. The average molecular weight is 305 g/mol. The predicted molar refractivity (Wildman–Crippen MR) is 84.5 cm³/mol. The van der Waals surface area contributed by atoms with Crippen LogP contribution in [0.5, 0.6) is 0 Å². The van der Waals surface area contributed by atoms with Gasteiger partial charge in [-0.15, -0.1) is 0 Å². The number of aliphatic hydroxyl groups excluding tert-OH is 1. The Labute approximate surface area is 128 Å². The smallest absolute Gasteiger partial charge is 0.319 e. The van der Waals surface area contributed by atoms with Gasteiger partial charge in [-0.3, -0.25) is 0 Å². The quantitative estimate of drug-likeness (QED) is 0.790. The van der Waals surface area contributed by atoms with Crippen molar-refractivity contribution in [3.63, 3.8) is 0 Å². The Morgan fingerprint density at radius 1 is 1.10 bits per heavy atom. The zero-order chi connectivity index (χ0) is 15.1. The molecule has 0 unspecified atom stereocenters. The van der Waals surface area contributed by atoms with E-state index < -0.39 is 6.10 Å². The molecule has 2 rings (SSSR count). The number of halogens is 1. The van der Waals surface area contributed by atoms with Crippen LogP contribution in [0.25, 0.3) is 0 Å². The van der Waals surface area contributed by atoms with E-state index in [1.807, 2.05) is 30.3 Å². The second kappa shape index (κ2) is 7.67. The van der Waals surface area contributed by atoms with Crippen LogP contribution < -0.4 is 10.6 Å². The minimum absolute atomic E-state index is 0.344. The number of anilines is 1. The highest BCUT2D eigenvalue weighted by atomic mass is 35.5. The number of carbonyl (C=O) groups is 1. The highest BCUT2D eigenvalue weighted by Crippen LogP contribution is 2.20. The fraction of sp³-hybridized carbons (Fsp3) is 0.188. The number of urea groups is 1. The maximum atomic E-state index is 11.7. The number of rotatable bonds is 5. The molecule has 2 aromatic carbocycles. The van der Waals surface area contributed by atoms with Crippen molar-refractivity contribution in [3.8, 4) is 0 Å². The van der Waals surface area contributed by atoms with Crippen molar-refractivity contribution in [3.05, 3.63) is 65.2 Å². The van der Waals surface area contributed by atoms with Crippen molar-refractivity contribution in [2.75, 3.05) is 11.9 Å². The second-order valence-corrected chi connectivity index (χ2v) is 4.98. The first-order chi connectivity index (χ1) is 10.2. The first-order valence-electron chi connectivity index (χ1n) is 6.69. The number of benzene rings is 2. The van der Waals surface area contributed by atoms with E-state index in [4.69, 9.17) is 11.6 Å². The van der Waals surface area contributed by atoms with Crippen LogP contribution in [0.4, 0.5) is 10.5 Å². The number of carbonyl (C=O) groups excluding carboxylic acids is 1. The van der Waals surface area contributed by atoms with E-state index in [0.717, 1.165) is 5.56 Å². The lowest BCUT2D eigenvalue weighted by molar-refractivity contribution is 0.167. The number of hydrogen-bond donors (Lipinski definition) is 3. The van der Waals surface area contributed by atoms with Gasteiger partial charge in [0, 0.05) is 6.54 Å². The molecule has 5 heteroatoms. The topological polar surface area (TPSA) is 61.4 Å².